The van der Waals surface area contributed by atoms with E-state index in [0.29, 0.717) is 43.1 Å². The maximum atomic E-state index is 15.6. The van der Waals surface area contributed by atoms with E-state index < -0.39 is 29.1 Å². The van der Waals surface area contributed by atoms with Crippen LogP contribution in [-0.4, -0.2) is 99.8 Å². The number of piperidine rings is 1. The number of nitrogens with zero attached hydrogens (tertiary/aromatic N) is 6. The third-order valence-electron chi connectivity index (χ3n) is 9.13. The Balaban J connectivity index is 1.19. The van der Waals surface area contributed by atoms with Crippen molar-refractivity contribution in [3.05, 3.63) is 58.3 Å². The van der Waals surface area contributed by atoms with Gasteiger partial charge in [-0.2, -0.15) is 0 Å². The first kappa shape index (κ1) is 31.6. The zero-order valence-electron chi connectivity index (χ0n) is 27.0. The predicted octanol–water partition coefficient (Wildman–Crippen LogP) is 3.12. The van der Waals surface area contributed by atoms with Crippen LogP contribution in [0.15, 0.2) is 41.2 Å². The molecule has 1 aromatic heterocycles. The number of rotatable bonds is 6. The molecule has 12 nitrogen and oxygen atoms in total. The number of amides is 3. The molecule has 0 bridgehead atoms. The molecule has 0 aliphatic carbocycles. The molecule has 3 fully saturated rings. The number of carbonyl (C=O) groups excluding carboxylic acids is 3. The average molecular weight is 637 g/mol. The van der Waals surface area contributed by atoms with E-state index in [1.807, 2.05) is 20.8 Å². The molecule has 246 valence electrons. The number of fused-ring (bicyclic) bond motifs is 1. The summed E-state index contributed by atoms with van der Waals surface area (Å²) in [4.78, 5) is 60.1. The van der Waals surface area contributed by atoms with Crippen molar-refractivity contribution in [1.82, 2.24) is 23.8 Å². The standard InChI is InChI=1S/C33H41FN6O6/c1-33(2,3)46-32(44)37-16-14-36(15-17-37)22-19-38(20-22)25-11-10-24(34)28-29(25)35(4)31(43)40(28)26-12-13-27(41)39(30(26)42)18-21-6-8-23(45-5)9-7-21/h6-11,22,26H,12-20H2,1-5H3. The topological polar surface area (TPSA) is 110 Å². The van der Waals surface area contributed by atoms with E-state index in [0.717, 1.165) is 23.6 Å². The van der Waals surface area contributed by atoms with Crippen LogP contribution in [0, 0.1) is 5.82 Å². The third kappa shape index (κ3) is 5.83. The van der Waals surface area contributed by atoms with Gasteiger partial charge in [-0.05, 0) is 57.0 Å². The minimum Gasteiger partial charge on any atom is -0.497 e. The van der Waals surface area contributed by atoms with Crippen LogP contribution in [-0.2, 0) is 27.9 Å². The molecule has 0 spiro atoms. The first-order chi connectivity index (χ1) is 21.9. The monoisotopic (exact) mass is 636 g/mol. The second kappa shape index (κ2) is 12.1. The Morgan fingerprint density at radius 2 is 1.63 bits per heavy atom. The molecule has 3 aliphatic heterocycles. The summed E-state index contributed by atoms with van der Waals surface area (Å²) in [6, 6.07) is 9.32. The number of benzene rings is 2. The van der Waals surface area contributed by atoms with Gasteiger partial charge in [0.15, 0.2) is 0 Å². The van der Waals surface area contributed by atoms with Crippen LogP contribution in [0.25, 0.3) is 11.0 Å². The van der Waals surface area contributed by atoms with E-state index in [4.69, 9.17) is 9.47 Å². The van der Waals surface area contributed by atoms with Gasteiger partial charge in [0.05, 0.1) is 24.9 Å². The summed E-state index contributed by atoms with van der Waals surface area (Å²) in [5, 5.41) is 0. The highest BCUT2D eigenvalue weighted by Crippen LogP contribution is 2.35. The lowest BCUT2D eigenvalue weighted by Gasteiger charge is -2.49. The number of imidazole rings is 1. The van der Waals surface area contributed by atoms with Gasteiger partial charge in [0.1, 0.15) is 28.7 Å². The summed E-state index contributed by atoms with van der Waals surface area (Å²) in [7, 11) is 3.14. The number of anilines is 1. The van der Waals surface area contributed by atoms with Gasteiger partial charge in [-0.1, -0.05) is 12.1 Å². The largest absolute Gasteiger partial charge is 0.497 e. The molecule has 0 radical (unpaired) electrons. The lowest BCUT2D eigenvalue weighted by atomic mass is 10.0. The summed E-state index contributed by atoms with van der Waals surface area (Å²) in [6.45, 7) is 9.58. The Bertz CT molecular complexity index is 1710. The van der Waals surface area contributed by atoms with E-state index in [2.05, 4.69) is 9.80 Å². The zero-order valence-corrected chi connectivity index (χ0v) is 27.0. The van der Waals surface area contributed by atoms with Crippen LogP contribution in [0.4, 0.5) is 14.9 Å². The quantitative estimate of drug-likeness (QED) is 0.380. The van der Waals surface area contributed by atoms with Crippen LogP contribution in [0.3, 0.4) is 0 Å². The minimum atomic E-state index is -1.01. The van der Waals surface area contributed by atoms with Crippen molar-refractivity contribution in [2.45, 2.75) is 57.8 Å². The fourth-order valence-corrected chi connectivity index (χ4v) is 6.62. The molecule has 2 aromatic carbocycles. The number of hydrogen-bond acceptors (Lipinski definition) is 8. The number of methoxy groups -OCH3 is 1. The number of likely N-dealkylation sites (tertiary alicyclic amines) is 1. The highest BCUT2D eigenvalue weighted by molar-refractivity contribution is 6.00. The van der Waals surface area contributed by atoms with E-state index in [9.17, 15) is 19.2 Å². The van der Waals surface area contributed by atoms with E-state index in [-0.39, 0.29) is 42.9 Å². The fraction of sp³-hybridized carbons (Fsp3) is 0.515. The molecule has 3 aromatic rings. The first-order valence-corrected chi connectivity index (χ1v) is 15.7. The van der Waals surface area contributed by atoms with Gasteiger partial charge in [-0.25, -0.2) is 14.0 Å². The Hall–Kier alpha value is -4.39. The van der Waals surface area contributed by atoms with Gasteiger partial charge >= 0.3 is 11.8 Å². The fourth-order valence-electron chi connectivity index (χ4n) is 6.62. The number of imide groups is 1. The minimum absolute atomic E-state index is 0.0482. The van der Waals surface area contributed by atoms with Gasteiger partial charge in [-0.3, -0.25) is 28.5 Å². The highest BCUT2D eigenvalue weighted by atomic mass is 19.1. The van der Waals surface area contributed by atoms with Gasteiger partial charge in [0, 0.05) is 58.8 Å². The lowest BCUT2D eigenvalue weighted by molar-refractivity contribution is -0.151. The number of hydrogen-bond donors (Lipinski definition) is 0. The van der Waals surface area contributed by atoms with Crippen LogP contribution in [0.5, 0.6) is 5.75 Å². The van der Waals surface area contributed by atoms with Gasteiger partial charge in [0.2, 0.25) is 5.91 Å². The molecule has 1 unspecified atom stereocenters. The summed E-state index contributed by atoms with van der Waals surface area (Å²) in [5.74, 6) is -0.801. The van der Waals surface area contributed by atoms with Crippen LogP contribution in [0.2, 0.25) is 0 Å². The summed E-state index contributed by atoms with van der Waals surface area (Å²) < 4.78 is 29.0. The Labute approximate surface area is 266 Å². The maximum absolute atomic E-state index is 15.6. The average Bonchev–Trinajstić information content (AvgIpc) is 3.26. The summed E-state index contributed by atoms with van der Waals surface area (Å²) >= 11 is 0. The molecule has 6 rings (SSSR count). The van der Waals surface area contributed by atoms with Crippen LogP contribution < -0.4 is 15.3 Å². The summed E-state index contributed by atoms with van der Waals surface area (Å²) in [6.07, 6.45) is -0.127. The molecule has 3 saturated heterocycles. The number of aryl methyl sites for hydroxylation is 1. The van der Waals surface area contributed by atoms with Crippen LogP contribution in [0.1, 0.15) is 45.2 Å². The highest BCUT2D eigenvalue weighted by Gasteiger charge is 2.40. The summed E-state index contributed by atoms with van der Waals surface area (Å²) in [5.41, 5.74) is 0.892. The molecule has 0 saturated carbocycles. The van der Waals surface area contributed by atoms with Crippen molar-refractivity contribution in [3.8, 4) is 5.75 Å². The zero-order chi connectivity index (χ0) is 32.9. The van der Waals surface area contributed by atoms with Crippen molar-refractivity contribution in [1.29, 1.82) is 0 Å². The third-order valence-corrected chi connectivity index (χ3v) is 9.13. The lowest BCUT2D eigenvalue weighted by Crippen LogP contribution is -2.63. The van der Waals surface area contributed by atoms with Crippen molar-refractivity contribution in [3.63, 3.8) is 0 Å². The molecule has 0 N–H and O–H groups in total. The normalized spacial score (nSPS) is 20.0. The predicted molar refractivity (Wildman–Crippen MR) is 169 cm³/mol. The van der Waals surface area contributed by atoms with E-state index >= 15 is 4.39 Å². The number of piperazine rings is 1. The molecule has 4 heterocycles. The molecule has 3 aliphatic rings. The van der Waals surface area contributed by atoms with Crippen molar-refractivity contribution >= 4 is 34.6 Å². The Morgan fingerprint density at radius 3 is 2.26 bits per heavy atom. The Morgan fingerprint density at radius 1 is 0.957 bits per heavy atom. The maximum Gasteiger partial charge on any atom is 0.410 e. The second-order valence-corrected chi connectivity index (χ2v) is 13.3. The van der Waals surface area contributed by atoms with Gasteiger partial charge in [-0.15, -0.1) is 0 Å². The van der Waals surface area contributed by atoms with Crippen molar-refractivity contribution < 1.29 is 28.2 Å². The van der Waals surface area contributed by atoms with Crippen LogP contribution >= 0.6 is 0 Å². The number of ether oxygens (including phenoxy) is 2. The van der Waals surface area contributed by atoms with Gasteiger partial charge < -0.3 is 19.3 Å². The molecule has 1 atom stereocenters. The smallest absolute Gasteiger partial charge is 0.410 e. The number of aromatic nitrogens is 2. The molecule has 13 heteroatoms. The number of halogens is 1. The van der Waals surface area contributed by atoms with Crippen molar-refractivity contribution in [2.75, 3.05) is 51.3 Å². The molecule has 3 amide bonds. The van der Waals surface area contributed by atoms with E-state index in [1.165, 1.54) is 15.2 Å². The van der Waals surface area contributed by atoms with Gasteiger partial charge in [0.25, 0.3) is 5.91 Å². The SMILES string of the molecule is COc1ccc(CN2C(=O)CCC(n3c(=O)n(C)c4c(N5CC(N6CCN(C(=O)OC(C)(C)C)CC6)C5)ccc(F)c43)C2=O)cc1. The first-order valence-electron chi connectivity index (χ1n) is 15.7. The molecular formula is C33H41FN6O6. The van der Waals surface area contributed by atoms with E-state index in [1.54, 1.807) is 49.4 Å². The van der Waals surface area contributed by atoms with Crippen molar-refractivity contribution in [2.24, 2.45) is 7.05 Å². The Kier molecular flexibility index (Phi) is 8.30. The molecule has 46 heavy (non-hydrogen) atoms. The second-order valence-electron chi connectivity index (χ2n) is 13.3. The molecular weight excluding hydrogens is 595 g/mol. The number of carbonyl (C=O) groups is 3.